The van der Waals surface area contributed by atoms with Gasteiger partial charge in [-0.3, -0.25) is 0 Å². The predicted octanol–water partition coefficient (Wildman–Crippen LogP) is 5.02. The van der Waals surface area contributed by atoms with Gasteiger partial charge >= 0.3 is 6.18 Å². The van der Waals surface area contributed by atoms with Crippen LogP contribution in [-0.4, -0.2) is 21.9 Å². The summed E-state index contributed by atoms with van der Waals surface area (Å²) < 4.78 is 52.9. The van der Waals surface area contributed by atoms with E-state index >= 15 is 0 Å². The van der Waals surface area contributed by atoms with Gasteiger partial charge in [-0.1, -0.05) is 0 Å². The molecule has 0 unspecified atom stereocenters. The number of hydrogen-bond donors (Lipinski definition) is 0. The maximum absolute atomic E-state index is 13.7. The first kappa shape index (κ1) is 17.1. The molecule has 138 valence electrons. The second-order valence-corrected chi connectivity index (χ2v) is 5.92. The molecule has 3 aromatic heterocycles. The summed E-state index contributed by atoms with van der Waals surface area (Å²) in [5.74, 6) is 0.884. The van der Waals surface area contributed by atoms with Crippen molar-refractivity contribution in [2.45, 2.75) is 13.1 Å². The molecule has 0 atom stereocenters. The van der Waals surface area contributed by atoms with Crippen LogP contribution in [-0.2, 0) is 6.18 Å². The lowest BCUT2D eigenvalue weighted by Crippen LogP contribution is -2.08. The van der Waals surface area contributed by atoms with Crippen molar-refractivity contribution in [3.05, 3.63) is 60.0 Å². The fourth-order valence-corrected chi connectivity index (χ4v) is 2.97. The molecule has 0 bridgehead atoms. The van der Waals surface area contributed by atoms with E-state index in [1.165, 1.54) is 25.0 Å². The summed E-state index contributed by atoms with van der Waals surface area (Å²) in [6.07, 6.45) is -3.17. The first-order chi connectivity index (χ1) is 12.9. The van der Waals surface area contributed by atoms with Crippen molar-refractivity contribution in [1.82, 2.24) is 14.8 Å². The number of methoxy groups -OCH3 is 1. The van der Waals surface area contributed by atoms with Crippen molar-refractivity contribution < 1.29 is 22.3 Å². The molecule has 4 rings (SSSR count). The van der Waals surface area contributed by atoms with E-state index in [4.69, 9.17) is 9.15 Å². The van der Waals surface area contributed by atoms with Crippen LogP contribution in [0.15, 0.2) is 53.1 Å². The van der Waals surface area contributed by atoms with Gasteiger partial charge < -0.3 is 9.15 Å². The Morgan fingerprint density at radius 3 is 2.44 bits per heavy atom. The zero-order valence-corrected chi connectivity index (χ0v) is 14.4. The maximum atomic E-state index is 13.7. The summed E-state index contributed by atoms with van der Waals surface area (Å²) >= 11 is 0. The molecule has 1 aromatic carbocycles. The molecule has 27 heavy (non-hydrogen) atoms. The van der Waals surface area contributed by atoms with Gasteiger partial charge in [-0.15, -0.1) is 0 Å². The first-order valence-corrected chi connectivity index (χ1v) is 8.04. The molecule has 0 spiro atoms. The Kier molecular flexibility index (Phi) is 3.91. The molecule has 8 heteroatoms. The number of aromatic nitrogens is 3. The lowest BCUT2D eigenvalue weighted by atomic mass is 10.1. The van der Waals surface area contributed by atoms with E-state index in [0.717, 1.165) is 6.07 Å². The third kappa shape index (κ3) is 2.92. The number of rotatable bonds is 3. The predicted molar refractivity (Wildman–Crippen MR) is 92.9 cm³/mol. The molecule has 0 aliphatic heterocycles. The third-order valence-corrected chi connectivity index (χ3v) is 4.21. The van der Waals surface area contributed by atoms with Crippen LogP contribution in [0, 0.1) is 6.92 Å². The van der Waals surface area contributed by atoms with Crippen LogP contribution in [0.25, 0.3) is 28.2 Å². The monoisotopic (exact) mass is 373 g/mol. The number of fused-ring (bicyclic) bond motifs is 1. The van der Waals surface area contributed by atoms with E-state index in [9.17, 15) is 13.2 Å². The summed E-state index contributed by atoms with van der Waals surface area (Å²) in [5.41, 5.74) is 0.224. The molecule has 0 aliphatic carbocycles. The van der Waals surface area contributed by atoms with Crippen molar-refractivity contribution in [2.24, 2.45) is 0 Å². The molecule has 0 saturated heterocycles. The molecular formula is C19H14F3N3O2. The van der Waals surface area contributed by atoms with Gasteiger partial charge in [0.05, 0.1) is 35.7 Å². The molecule has 5 nitrogen and oxygen atoms in total. The molecular weight excluding hydrogens is 359 g/mol. The number of ether oxygens (including phenoxy) is 1. The van der Waals surface area contributed by atoms with Crippen molar-refractivity contribution in [1.29, 1.82) is 0 Å². The average molecular weight is 373 g/mol. The molecule has 3 heterocycles. The number of pyridine rings is 1. The van der Waals surface area contributed by atoms with E-state index in [2.05, 4.69) is 10.1 Å². The molecule has 0 saturated carbocycles. The van der Waals surface area contributed by atoms with Gasteiger partial charge in [0.2, 0.25) is 0 Å². The van der Waals surface area contributed by atoms with E-state index in [1.807, 2.05) is 0 Å². The van der Waals surface area contributed by atoms with E-state index in [0.29, 0.717) is 11.4 Å². The van der Waals surface area contributed by atoms with E-state index < -0.39 is 11.7 Å². The Balaban J connectivity index is 2.02. The van der Waals surface area contributed by atoms with Gasteiger partial charge in [0.1, 0.15) is 11.4 Å². The van der Waals surface area contributed by atoms with Crippen LogP contribution in [0.1, 0.15) is 11.3 Å². The molecule has 0 radical (unpaired) electrons. The minimum Gasteiger partial charge on any atom is -0.497 e. The SMILES string of the molecule is COc1ccc(-n2nc(C)c3c(C(F)(F)F)cc(-c4ccco4)nc32)cc1. The molecule has 0 aliphatic rings. The van der Waals surface area contributed by atoms with Crippen LogP contribution in [0.4, 0.5) is 13.2 Å². The lowest BCUT2D eigenvalue weighted by Gasteiger charge is -2.11. The van der Waals surface area contributed by atoms with Crippen LogP contribution in [0.5, 0.6) is 5.75 Å². The van der Waals surface area contributed by atoms with Crippen LogP contribution < -0.4 is 4.74 Å². The number of alkyl halides is 3. The molecule has 0 fully saturated rings. The number of halogens is 3. The Labute approximate surface area is 152 Å². The highest BCUT2D eigenvalue weighted by atomic mass is 19.4. The Morgan fingerprint density at radius 1 is 1.11 bits per heavy atom. The normalized spacial score (nSPS) is 11.9. The highest BCUT2D eigenvalue weighted by Crippen LogP contribution is 2.38. The largest absolute Gasteiger partial charge is 0.497 e. The minimum atomic E-state index is -4.55. The third-order valence-electron chi connectivity index (χ3n) is 4.21. The topological polar surface area (TPSA) is 53.1 Å². The summed E-state index contributed by atoms with van der Waals surface area (Å²) in [6, 6.07) is 11.0. The second-order valence-electron chi connectivity index (χ2n) is 5.92. The van der Waals surface area contributed by atoms with Crippen LogP contribution in [0.2, 0.25) is 0 Å². The number of aryl methyl sites for hydroxylation is 1. The minimum absolute atomic E-state index is 0.0337. The number of hydrogen-bond acceptors (Lipinski definition) is 4. The van der Waals surface area contributed by atoms with Gasteiger partial charge in [0.15, 0.2) is 11.4 Å². The maximum Gasteiger partial charge on any atom is 0.417 e. The molecule has 4 aromatic rings. The lowest BCUT2D eigenvalue weighted by molar-refractivity contribution is -0.136. The summed E-state index contributed by atoms with van der Waals surface area (Å²) in [5, 5.41) is 4.26. The standard InChI is InChI=1S/C19H14F3N3O2/c1-11-17-14(19(20,21)22)10-15(16-4-3-9-27-16)23-18(17)25(24-11)12-5-7-13(26-2)8-6-12/h3-10H,1-2H3. The van der Waals surface area contributed by atoms with E-state index in [1.54, 1.807) is 36.4 Å². The average Bonchev–Trinajstić information content (AvgIpc) is 3.29. The van der Waals surface area contributed by atoms with Crippen LogP contribution in [0.3, 0.4) is 0 Å². The van der Waals surface area contributed by atoms with Crippen molar-refractivity contribution >= 4 is 11.0 Å². The van der Waals surface area contributed by atoms with Gasteiger partial charge in [0.25, 0.3) is 0 Å². The van der Waals surface area contributed by atoms with Crippen molar-refractivity contribution in [3.8, 4) is 22.9 Å². The number of nitrogens with zero attached hydrogens (tertiary/aromatic N) is 3. The second kappa shape index (κ2) is 6.15. The quantitative estimate of drug-likeness (QED) is 0.506. The van der Waals surface area contributed by atoms with Gasteiger partial charge in [-0.05, 0) is 49.4 Å². The van der Waals surface area contributed by atoms with E-state index in [-0.39, 0.29) is 28.2 Å². The summed E-state index contributed by atoms with van der Waals surface area (Å²) in [7, 11) is 1.54. The number of furan rings is 1. The molecule has 0 amide bonds. The first-order valence-electron chi connectivity index (χ1n) is 8.04. The van der Waals surface area contributed by atoms with Gasteiger partial charge in [-0.2, -0.15) is 18.3 Å². The smallest absolute Gasteiger partial charge is 0.417 e. The Hall–Kier alpha value is -3.29. The van der Waals surface area contributed by atoms with Crippen molar-refractivity contribution in [2.75, 3.05) is 7.11 Å². The van der Waals surface area contributed by atoms with Gasteiger partial charge in [-0.25, -0.2) is 9.67 Å². The highest BCUT2D eigenvalue weighted by Gasteiger charge is 2.36. The van der Waals surface area contributed by atoms with Crippen molar-refractivity contribution in [3.63, 3.8) is 0 Å². The Bertz CT molecular complexity index is 1100. The zero-order valence-electron chi connectivity index (χ0n) is 14.4. The fraction of sp³-hybridized carbons (Fsp3) is 0.158. The summed E-state index contributed by atoms with van der Waals surface area (Å²) in [6.45, 7) is 1.53. The molecule has 0 N–H and O–H groups in total. The van der Waals surface area contributed by atoms with Gasteiger partial charge in [0, 0.05) is 0 Å². The zero-order chi connectivity index (χ0) is 19.2. The Morgan fingerprint density at radius 2 is 1.85 bits per heavy atom. The fourth-order valence-electron chi connectivity index (χ4n) is 2.97. The van der Waals surface area contributed by atoms with Crippen LogP contribution >= 0.6 is 0 Å². The highest BCUT2D eigenvalue weighted by molar-refractivity contribution is 5.86. The number of benzene rings is 1. The summed E-state index contributed by atoms with van der Waals surface area (Å²) in [4.78, 5) is 4.41.